The Balaban J connectivity index is 1.50. The van der Waals surface area contributed by atoms with Crippen molar-refractivity contribution in [2.75, 3.05) is 12.4 Å². The Morgan fingerprint density at radius 1 is 1.27 bits per heavy atom. The van der Waals surface area contributed by atoms with E-state index in [1.807, 2.05) is 0 Å². The fraction of sp³-hybridized carbons (Fsp3) is 0.333. The number of methoxy groups -OCH3 is 1. The second-order valence-electron chi connectivity index (χ2n) is 7.40. The molecule has 0 bridgehead atoms. The van der Waals surface area contributed by atoms with Gasteiger partial charge in [0.15, 0.2) is 5.65 Å². The van der Waals surface area contributed by atoms with Gasteiger partial charge in [0, 0.05) is 16.6 Å². The van der Waals surface area contributed by atoms with Gasteiger partial charge in [0.1, 0.15) is 23.5 Å². The zero-order valence-electron chi connectivity index (χ0n) is 16.6. The predicted octanol–water partition coefficient (Wildman–Crippen LogP) is 3.02. The van der Waals surface area contributed by atoms with Crippen LogP contribution < -0.4 is 15.7 Å². The molecule has 30 heavy (non-hydrogen) atoms. The van der Waals surface area contributed by atoms with E-state index in [2.05, 4.69) is 15.4 Å². The number of fused-ring (bicyclic) bond motifs is 5. The van der Waals surface area contributed by atoms with Crippen LogP contribution in [0.3, 0.4) is 0 Å². The first-order valence-electron chi connectivity index (χ1n) is 9.96. The van der Waals surface area contributed by atoms with Gasteiger partial charge in [-0.1, -0.05) is 12.5 Å². The maximum atomic E-state index is 12.8. The van der Waals surface area contributed by atoms with Gasteiger partial charge < -0.3 is 10.1 Å². The van der Waals surface area contributed by atoms with Crippen LogP contribution >= 0.6 is 11.3 Å². The molecule has 0 radical (unpaired) electrons. The summed E-state index contributed by atoms with van der Waals surface area (Å²) in [6.07, 6.45) is 7.07. The van der Waals surface area contributed by atoms with Gasteiger partial charge in [-0.05, 0) is 43.4 Å². The minimum atomic E-state index is -0.367. The van der Waals surface area contributed by atoms with Gasteiger partial charge in [-0.15, -0.1) is 16.4 Å². The summed E-state index contributed by atoms with van der Waals surface area (Å²) in [6, 6.07) is 7.07. The number of anilines is 1. The lowest BCUT2D eigenvalue weighted by molar-refractivity contribution is -0.117. The zero-order chi connectivity index (χ0) is 20.7. The zero-order valence-corrected chi connectivity index (χ0v) is 17.4. The van der Waals surface area contributed by atoms with Crippen molar-refractivity contribution in [3.8, 4) is 5.75 Å². The Labute approximate surface area is 176 Å². The molecule has 0 saturated carbocycles. The summed E-state index contributed by atoms with van der Waals surface area (Å²) in [6.45, 7) is -0.175. The number of aromatic nitrogens is 4. The van der Waals surface area contributed by atoms with Gasteiger partial charge in [-0.25, -0.2) is 18.9 Å². The van der Waals surface area contributed by atoms with Gasteiger partial charge in [-0.3, -0.25) is 4.79 Å². The number of thiophene rings is 1. The third kappa shape index (κ3) is 3.24. The molecule has 5 rings (SSSR count). The molecule has 1 aromatic carbocycles. The lowest BCUT2D eigenvalue weighted by Gasteiger charge is -2.06. The minimum Gasteiger partial charge on any atom is -0.497 e. The number of rotatable bonds is 4. The summed E-state index contributed by atoms with van der Waals surface area (Å²) in [7, 11) is 1.57. The van der Waals surface area contributed by atoms with Gasteiger partial charge >= 0.3 is 5.69 Å². The summed E-state index contributed by atoms with van der Waals surface area (Å²) in [5, 5.41) is 8.26. The van der Waals surface area contributed by atoms with E-state index < -0.39 is 0 Å². The molecule has 3 aromatic heterocycles. The molecule has 3 heterocycles. The maximum absolute atomic E-state index is 12.8. The molecule has 0 spiro atoms. The molecule has 0 atom stereocenters. The number of amides is 1. The highest BCUT2D eigenvalue weighted by molar-refractivity contribution is 7.19. The molecule has 9 heteroatoms. The van der Waals surface area contributed by atoms with Crippen LogP contribution in [-0.4, -0.2) is 32.2 Å². The highest BCUT2D eigenvalue weighted by Gasteiger charge is 2.21. The van der Waals surface area contributed by atoms with E-state index in [1.165, 1.54) is 38.7 Å². The number of hydrogen-bond donors (Lipinski definition) is 1. The Morgan fingerprint density at radius 3 is 3.00 bits per heavy atom. The first-order valence-corrected chi connectivity index (χ1v) is 10.8. The van der Waals surface area contributed by atoms with Crippen LogP contribution in [-0.2, 0) is 24.2 Å². The summed E-state index contributed by atoms with van der Waals surface area (Å²) in [4.78, 5) is 32.1. The topological polar surface area (TPSA) is 90.5 Å². The van der Waals surface area contributed by atoms with Crippen molar-refractivity contribution in [3.63, 3.8) is 0 Å². The Morgan fingerprint density at radius 2 is 2.13 bits per heavy atom. The molecule has 1 aliphatic carbocycles. The SMILES string of the molecule is COc1cccc(NC(=O)Cn2nc3c4c5c(sc4ncn3c2=O)CCCCC5)c1. The van der Waals surface area contributed by atoms with Crippen LogP contribution in [0.1, 0.15) is 29.7 Å². The van der Waals surface area contributed by atoms with Crippen LogP contribution in [0.15, 0.2) is 35.4 Å². The molecule has 1 N–H and O–H groups in total. The Kier molecular flexibility index (Phi) is 4.74. The smallest absolute Gasteiger partial charge is 0.352 e. The molecule has 0 saturated heterocycles. The third-order valence-electron chi connectivity index (χ3n) is 5.43. The fourth-order valence-corrected chi connectivity index (χ4v) is 5.22. The number of carbonyl (C=O) groups is 1. The van der Waals surface area contributed by atoms with Gasteiger partial charge in [0.25, 0.3) is 0 Å². The van der Waals surface area contributed by atoms with Crippen LogP contribution in [0, 0.1) is 0 Å². The number of nitrogens with zero attached hydrogens (tertiary/aromatic N) is 4. The van der Waals surface area contributed by atoms with Crippen LogP contribution in [0.2, 0.25) is 0 Å². The summed E-state index contributed by atoms with van der Waals surface area (Å²) in [5.41, 5.74) is 2.08. The predicted molar refractivity (Wildman–Crippen MR) is 116 cm³/mol. The largest absolute Gasteiger partial charge is 0.497 e. The van der Waals surface area contributed by atoms with Gasteiger partial charge in [-0.2, -0.15) is 0 Å². The average Bonchev–Trinajstić information content (AvgIpc) is 3.15. The van der Waals surface area contributed by atoms with Gasteiger partial charge in [0.2, 0.25) is 5.91 Å². The summed E-state index contributed by atoms with van der Waals surface area (Å²) in [5.74, 6) is 0.312. The first-order chi connectivity index (χ1) is 14.6. The number of carbonyl (C=O) groups excluding carboxylic acids is 1. The van der Waals surface area contributed by atoms with Crippen molar-refractivity contribution in [1.29, 1.82) is 0 Å². The fourth-order valence-electron chi connectivity index (χ4n) is 4.00. The van der Waals surface area contributed by atoms with E-state index in [4.69, 9.17) is 4.74 Å². The van der Waals surface area contributed by atoms with Crippen molar-refractivity contribution in [1.82, 2.24) is 19.2 Å². The quantitative estimate of drug-likeness (QED) is 0.510. The standard InChI is InChI=1S/C21H21N5O3S/c1-29-14-7-5-6-13(10-14)23-17(27)11-26-21(28)25-12-22-20-18(19(25)24-26)15-8-3-2-4-9-16(15)30-20/h5-7,10,12H,2-4,8-9,11H2,1H3,(H,23,27). The molecule has 0 unspecified atom stereocenters. The number of ether oxygens (including phenoxy) is 1. The lowest BCUT2D eigenvalue weighted by Crippen LogP contribution is -2.28. The van der Waals surface area contributed by atoms with Crippen LogP contribution in [0.4, 0.5) is 5.69 Å². The van der Waals surface area contributed by atoms with Crippen LogP contribution in [0.5, 0.6) is 5.75 Å². The Bertz CT molecular complexity index is 1320. The van der Waals surface area contributed by atoms with Gasteiger partial charge in [0.05, 0.1) is 12.5 Å². The minimum absolute atomic E-state index is 0.175. The molecule has 0 fully saturated rings. The molecule has 1 amide bonds. The van der Waals surface area contributed by atoms with Crippen molar-refractivity contribution in [2.45, 2.75) is 38.6 Å². The summed E-state index contributed by atoms with van der Waals surface area (Å²) >= 11 is 1.70. The molecular weight excluding hydrogens is 402 g/mol. The van der Waals surface area contributed by atoms with E-state index in [1.54, 1.807) is 42.7 Å². The molecule has 154 valence electrons. The Hall–Kier alpha value is -3.20. The van der Waals surface area contributed by atoms with Crippen molar-refractivity contribution in [2.24, 2.45) is 0 Å². The number of nitrogens with one attached hydrogen (secondary N) is 1. The average molecular weight is 423 g/mol. The van der Waals surface area contributed by atoms with Crippen molar-refractivity contribution >= 4 is 38.8 Å². The molecule has 1 aliphatic rings. The van der Waals surface area contributed by atoms with E-state index in [0.717, 1.165) is 29.5 Å². The normalized spacial score (nSPS) is 13.9. The monoisotopic (exact) mass is 423 g/mol. The van der Waals surface area contributed by atoms with Crippen molar-refractivity contribution in [3.05, 3.63) is 51.5 Å². The molecule has 8 nitrogen and oxygen atoms in total. The highest BCUT2D eigenvalue weighted by atomic mass is 32.1. The third-order valence-corrected chi connectivity index (χ3v) is 6.63. The van der Waals surface area contributed by atoms with Crippen molar-refractivity contribution < 1.29 is 9.53 Å². The summed E-state index contributed by atoms with van der Waals surface area (Å²) < 4.78 is 7.82. The van der Waals surface area contributed by atoms with Crippen LogP contribution in [0.25, 0.3) is 15.9 Å². The molecular formula is C21H21N5O3S. The second kappa shape index (κ2) is 7.56. The number of benzene rings is 1. The molecule has 4 aromatic rings. The highest BCUT2D eigenvalue weighted by Crippen LogP contribution is 2.35. The lowest BCUT2D eigenvalue weighted by atomic mass is 10.1. The number of hydrogen-bond acceptors (Lipinski definition) is 6. The number of aryl methyl sites for hydroxylation is 2. The van der Waals surface area contributed by atoms with E-state index in [-0.39, 0.29) is 18.1 Å². The first kappa shape index (κ1) is 18.8. The van der Waals surface area contributed by atoms with E-state index in [9.17, 15) is 9.59 Å². The molecule has 0 aliphatic heterocycles. The second-order valence-corrected chi connectivity index (χ2v) is 8.49. The van der Waals surface area contributed by atoms with E-state index >= 15 is 0 Å². The van der Waals surface area contributed by atoms with E-state index in [0.29, 0.717) is 17.1 Å². The maximum Gasteiger partial charge on any atom is 0.352 e.